The summed E-state index contributed by atoms with van der Waals surface area (Å²) in [6.45, 7) is 6.37. The zero-order valence-corrected chi connectivity index (χ0v) is 13.4. The Morgan fingerprint density at radius 1 is 1.50 bits per heavy atom. The molecule has 0 amide bonds. The molecule has 2 aromatic heterocycles. The quantitative estimate of drug-likeness (QED) is 0.823. The lowest BCUT2D eigenvalue weighted by Crippen LogP contribution is -2.12. The first kappa shape index (κ1) is 15.1. The third-order valence-electron chi connectivity index (χ3n) is 3.12. The zero-order valence-electron chi connectivity index (χ0n) is 11.7. The van der Waals surface area contributed by atoms with Crippen molar-refractivity contribution >= 4 is 29.1 Å². The number of carboxylic acids is 1. The van der Waals surface area contributed by atoms with Crippen molar-refractivity contribution in [1.29, 1.82) is 0 Å². The fraction of sp³-hybridized carbons (Fsp3) is 0.429. The van der Waals surface area contributed by atoms with Gasteiger partial charge in [0.2, 0.25) is 0 Å². The van der Waals surface area contributed by atoms with Gasteiger partial charge in [0.1, 0.15) is 0 Å². The van der Waals surface area contributed by atoms with Crippen LogP contribution in [0.3, 0.4) is 0 Å². The van der Waals surface area contributed by atoms with Crippen molar-refractivity contribution in [2.24, 2.45) is 0 Å². The van der Waals surface area contributed by atoms with E-state index in [1.165, 1.54) is 17.3 Å². The molecular formula is C14H18N2O2S2. The van der Waals surface area contributed by atoms with E-state index in [4.69, 9.17) is 5.11 Å². The normalized spacial score (nSPS) is 12.8. The fourth-order valence-electron chi connectivity index (χ4n) is 2.07. The number of aliphatic carboxylic acids is 1. The van der Waals surface area contributed by atoms with Gasteiger partial charge < -0.3 is 9.67 Å². The summed E-state index contributed by atoms with van der Waals surface area (Å²) in [5.41, 5.74) is 2.36. The van der Waals surface area contributed by atoms with Gasteiger partial charge in [0.05, 0.1) is 11.8 Å². The molecule has 0 bridgehead atoms. The fourth-order valence-corrected chi connectivity index (χ4v) is 3.60. The lowest BCUT2D eigenvalue weighted by molar-refractivity contribution is -0.133. The molecule has 0 aliphatic heterocycles. The van der Waals surface area contributed by atoms with Crippen LogP contribution in [0.2, 0.25) is 0 Å². The minimum atomic E-state index is -0.821. The Balaban J connectivity index is 2.36. The van der Waals surface area contributed by atoms with Crippen LogP contribution in [0, 0.1) is 0 Å². The summed E-state index contributed by atoms with van der Waals surface area (Å²) >= 11 is 2.94. The highest BCUT2D eigenvalue weighted by molar-refractivity contribution is 7.99. The second-order valence-corrected chi connectivity index (χ2v) is 6.63. The Hall–Kier alpha value is -1.27. The molecule has 6 heteroatoms. The van der Waals surface area contributed by atoms with Gasteiger partial charge in [-0.2, -0.15) is 11.3 Å². The Kier molecular flexibility index (Phi) is 4.88. The number of carbonyl (C=O) groups is 1. The first-order chi connectivity index (χ1) is 9.50. The molecule has 1 N–H and O–H groups in total. The topological polar surface area (TPSA) is 55.1 Å². The van der Waals surface area contributed by atoms with Crippen LogP contribution in [0.25, 0.3) is 0 Å². The summed E-state index contributed by atoms with van der Waals surface area (Å²) in [6.07, 6.45) is 1.86. The number of carboxylic acid groups (broad SMARTS) is 1. The van der Waals surface area contributed by atoms with E-state index >= 15 is 0 Å². The molecule has 108 valence electrons. The first-order valence-electron chi connectivity index (χ1n) is 6.44. The maximum Gasteiger partial charge on any atom is 0.313 e. The molecule has 2 rings (SSSR count). The number of imidazole rings is 1. The molecule has 2 heterocycles. The average Bonchev–Trinajstić information content (AvgIpc) is 3.04. The highest BCUT2D eigenvalue weighted by Gasteiger charge is 2.20. The van der Waals surface area contributed by atoms with E-state index < -0.39 is 5.97 Å². The number of nitrogens with zero attached hydrogens (tertiary/aromatic N) is 2. The van der Waals surface area contributed by atoms with Gasteiger partial charge in [-0.25, -0.2) is 4.98 Å². The minimum absolute atomic E-state index is 0.0326. The summed E-state index contributed by atoms with van der Waals surface area (Å²) < 4.78 is 2.15. The second kappa shape index (κ2) is 6.45. The van der Waals surface area contributed by atoms with E-state index in [9.17, 15) is 4.79 Å². The number of thiophene rings is 1. The smallest absolute Gasteiger partial charge is 0.313 e. The maximum absolute atomic E-state index is 10.8. The van der Waals surface area contributed by atoms with Crippen LogP contribution in [-0.2, 0) is 4.79 Å². The summed E-state index contributed by atoms with van der Waals surface area (Å²) in [7, 11) is 0. The highest BCUT2D eigenvalue weighted by Crippen LogP contribution is 2.31. The number of aromatic nitrogens is 2. The molecule has 2 aromatic rings. The minimum Gasteiger partial charge on any atom is -0.481 e. The molecule has 1 atom stereocenters. The molecule has 0 aliphatic rings. The molecule has 0 aliphatic carbocycles. The maximum atomic E-state index is 10.8. The molecule has 0 radical (unpaired) electrons. The second-order valence-electron chi connectivity index (χ2n) is 4.91. The molecule has 0 aromatic carbocycles. The predicted octanol–water partition coefficient (Wildman–Crippen LogP) is 3.85. The van der Waals surface area contributed by atoms with Crippen molar-refractivity contribution < 1.29 is 9.90 Å². The Bertz CT molecular complexity index is 576. The molecular weight excluding hydrogens is 292 g/mol. The summed E-state index contributed by atoms with van der Waals surface area (Å²) in [5.74, 6) is -0.438. The van der Waals surface area contributed by atoms with Crippen LogP contribution in [0.15, 0.2) is 28.2 Å². The molecule has 1 unspecified atom stereocenters. The zero-order chi connectivity index (χ0) is 14.7. The van der Waals surface area contributed by atoms with Crippen LogP contribution in [0.5, 0.6) is 0 Å². The Morgan fingerprint density at radius 3 is 2.80 bits per heavy atom. The van der Waals surface area contributed by atoms with Gasteiger partial charge in [-0.1, -0.05) is 25.6 Å². The Labute approximate surface area is 126 Å². The van der Waals surface area contributed by atoms with Crippen LogP contribution >= 0.6 is 23.1 Å². The van der Waals surface area contributed by atoms with Gasteiger partial charge in [0.25, 0.3) is 0 Å². The first-order valence-corrected chi connectivity index (χ1v) is 8.37. The average molecular weight is 310 g/mol. The summed E-state index contributed by atoms with van der Waals surface area (Å²) in [5, 5.41) is 13.8. The van der Waals surface area contributed by atoms with Crippen molar-refractivity contribution in [3.05, 3.63) is 34.3 Å². The number of thioether (sulfide) groups is 1. The van der Waals surface area contributed by atoms with Gasteiger partial charge in [-0.3, -0.25) is 4.79 Å². The predicted molar refractivity (Wildman–Crippen MR) is 82.8 cm³/mol. The van der Waals surface area contributed by atoms with Crippen molar-refractivity contribution in [2.75, 3.05) is 5.75 Å². The van der Waals surface area contributed by atoms with Gasteiger partial charge in [-0.05, 0) is 35.2 Å². The SMILES string of the molecule is CC(C)c1cnc(SCC(=O)O)n1C(C)c1ccsc1. The van der Waals surface area contributed by atoms with Crippen LogP contribution < -0.4 is 0 Å². The van der Waals surface area contributed by atoms with Crippen LogP contribution in [-0.4, -0.2) is 26.4 Å². The third kappa shape index (κ3) is 3.24. The van der Waals surface area contributed by atoms with E-state index in [0.29, 0.717) is 5.92 Å². The van der Waals surface area contributed by atoms with Crippen molar-refractivity contribution in [2.45, 2.75) is 37.9 Å². The molecule has 0 fully saturated rings. The standard InChI is InChI=1S/C14H18N2O2S2/c1-9(2)12-6-15-14(20-8-13(17)18)16(12)10(3)11-4-5-19-7-11/h4-7,9-10H,8H2,1-3H3,(H,17,18). The lowest BCUT2D eigenvalue weighted by atomic mass is 10.1. The van der Waals surface area contributed by atoms with Crippen molar-refractivity contribution in [1.82, 2.24) is 9.55 Å². The van der Waals surface area contributed by atoms with E-state index in [-0.39, 0.29) is 11.8 Å². The van der Waals surface area contributed by atoms with Gasteiger partial charge in [-0.15, -0.1) is 0 Å². The van der Waals surface area contributed by atoms with E-state index in [0.717, 1.165) is 10.9 Å². The van der Waals surface area contributed by atoms with Crippen LogP contribution in [0.1, 0.15) is 44.0 Å². The van der Waals surface area contributed by atoms with E-state index in [1.54, 1.807) is 11.3 Å². The molecule has 0 spiro atoms. The summed E-state index contributed by atoms with van der Waals surface area (Å²) in [4.78, 5) is 15.2. The number of hydrogen-bond acceptors (Lipinski definition) is 4. The number of hydrogen-bond donors (Lipinski definition) is 1. The van der Waals surface area contributed by atoms with Gasteiger partial charge in [0, 0.05) is 11.9 Å². The summed E-state index contributed by atoms with van der Waals surface area (Å²) in [6, 6.07) is 2.27. The lowest BCUT2D eigenvalue weighted by Gasteiger charge is -2.20. The van der Waals surface area contributed by atoms with Gasteiger partial charge >= 0.3 is 5.97 Å². The molecule has 20 heavy (non-hydrogen) atoms. The van der Waals surface area contributed by atoms with E-state index in [1.807, 2.05) is 6.20 Å². The van der Waals surface area contributed by atoms with Crippen molar-refractivity contribution in [3.63, 3.8) is 0 Å². The molecule has 0 saturated carbocycles. The van der Waals surface area contributed by atoms with E-state index in [2.05, 4.69) is 47.1 Å². The number of rotatable bonds is 6. The monoisotopic (exact) mass is 310 g/mol. The highest BCUT2D eigenvalue weighted by atomic mass is 32.2. The Morgan fingerprint density at radius 2 is 2.25 bits per heavy atom. The van der Waals surface area contributed by atoms with Crippen molar-refractivity contribution in [3.8, 4) is 0 Å². The molecule has 4 nitrogen and oxygen atoms in total. The molecule has 0 saturated heterocycles. The largest absolute Gasteiger partial charge is 0.481 e. The van der Waals surface area contributed by atoms with Gasteiger partial charge in [0.15, 0.2) is 5.16 Å². The van der Waals surface area contributed by atoms with Crippen LogP contribution in [0.4, 0.5) is 0 Å². The third-order valence-corrected chi connectivity index (χ3v) is 4.77.